The van der Waals surface area contributed by atoms with Crippen molar-refractivity contribution in [3.63, 3.8) is 0 Å². The normalized spacial score (nSPS) is 29.8. The summed E-state index contributed by atoms with van der Waals surface area (Å²) in [4.78, 5) is 19.4. The zero-order valence-electron chi connectivity index (χ0n) is 10.8. The van der Waals surface area contributed by atoms with E-state index in [1.807, 2.05) is 18.2 Å². The fraction of sp³-hybridized carbons (Fsp3) is 0.500. The third-order valence-corrected chi connectivity index (χ3v) is 4.52. The van der Waals surface area contributed by atoms with Crippen molar-refractivity contribution in [2.75, 3.05) is 25.0 Å². The molecular weight excluding hydrogens is 240 g/mol. The van der Waals surface area contributed by atoms with Crippen molar-refractivity contribution < 1.29 is 0 Å². The minimum Gasteiger partial charge on any atom is -0.381 e. The van der Waals surface area contributed by atoms with Gasteiger partial charge < -0.3 is 20.2 Å². The van der Waals surface area contributed by atoms with Crippen LogP contribution in [-0.4, -0.2) is 40.5 Å². The quantitative estimate of drug-likeness (QED) is 0.762. The van der Waals surface area contributed by atoms with E-state index >= 15 is 0 Å². The lowest BCUT2D eigenvalue weighted by Gasteiger charge is -2.45. The lowest BCUT2D eigenvalue weighted by Crippen LogP contribution is -2.53. The van der Waals surface area contributed by atoms with Crippen molar-refractivity contribution in [1.82, 2.24) is 14.9 Å². The monoisotopic (exact) mass is 258 g/mol. The number of nitrogens with one attached hydrogen (secondary N) is 3. The zero-order chi connectivity index (χ0) is 12.8. The van der Waals surface area contributed by atoms with Crippen LogP contribution in [0, 0.1) is 5.92 Å². The van der Waals surface area contributed by atoms with Crippen molar-refractivity contribution in [3.05, 3.63) is 28.7 Å². The Morgan fingerprint density at radius 3 is 2.68 bits per heavy atom. The molecule has 1 unspecified atom stereocenters. The molecule has 2 bridgehead atoms. The van der Waals surface area contributed by atoms with E-state index in [2.05, 4.69) is 20.2 Å². The summed E-state index contributed by atoms with van der Waals surface area (Å²) in [5, 5.41) is 3.64. The van der Waals surface area contributed by atoms with Gasteiger partial charge in [-0.2, -0.15) is 0 Å². The molecule has 0 saturated carbocycles. The van der Waals surface area contributed by atoms with Gasteiger partial charge in [-0.1, -0.05) is 0 Å². The number of aromatic amines is 2. The van der Waals surface area contributed by atoms with Gasteiger partial charge in [0.25, 0.3) is 0 Å². The third-order valence-electron chi connectivity index (χ3n) is 4.52. The minimum atomic E-state index is -0.144. The molecule has 1 atom stereocenters. The first kappa shape index (κ1) is 11.1. The molecule has 3 aliphatic heterocycles. The van der Waals surface area contributed by atoms with Crippen molar-refractivity contribution in [2.24, 2.45) is 5.92 Å². The Morgan fingerprint density at radius 2 is 1.95 bits per heavy atom. The molecule has 5 rings (SSSR count). The van der Waals surface area contributed by atoms with Gasteiger partial charge in [0, 0.05) is 18.3 Å². The summed E-state index contributed by atoms with van der Waals surface area (Å²) >= 11 is 0. The predicted molar refractivity (Wildman–Crippen MR) is 75.5 cm³/mol. The SMILES string of the molecule is O=c1[nH]c2ccc(NC3CN4CCC3CC4)cc2[nH]1. The second-order valence-corrected chi connectivity index (χ2v) is 5.73. The number of fused-ring (bicyclic) bond motifs is 4. The number of rotatable bonds is 2. The summed E-state index contributed by atoms with van der Waals surface area (Å²) < 4.78 is 0. The van der Waals surface area contributed by atoms with Crippen LogP contribution in [0.4, 0.5) is 5.69 Å². The largest absolute Gasteiger partial charge is 0.381 e. The molecular formula is C14H18N4O. The molecule has 3 saturated heterocycles. The molecule has 100 valence electrons. The van der Waals surface area contributed by atoms with Gasteiger partial charge in [-0.15, -0.1) is 0 Å². The molecule has 3 aliphatic rings. The van der Waals surface area contributed by atoms with E-state index in [9.17, 15) is 4.79 Å². The van der Waals surface area contributed by atoms with Crippen LogP contribution in [0.1, 0.15) is 12.8 Å². The molecule has 0 spiro atoms. The minimum absolute atomic E-state index is 0.144. The van der Waals surface area contributed by atoms with Crippen molar-refractivity contribution in [3.8, 4) is 0 Å². The molecule has 5 heteroatoms. The second kappa shape index (κ2) is 4.13. The molecule has 0 radical (unpaired) electrons. The summed E-state index contributed by atoms with van der Waals surface area (Å²) in [6.45, 7) is 3.66. The van der Waals surface area contributed by atoms with E-state index in [1.54, 1.807) is 0 Å². The molecule has 19 heavy (non-hydrogen) atoms. The Morgan fingerprint density at radius 1 is 1.16 bits per heavy atom. The molecule has 0 amide bonds. The van der Waals surface area contributed by atoms with Crippen LogP contribution in [0.2, 0.25) is 0 Å². The van der Waals surface area contributed by atoms with Gasteiger partial charge in [0.2, 0.25) is 0 Å². The van der Waals surface area contributed by atoms with Gasteiger partial charge >= 0.3 is 5.69 Å². The summed E-state index contributed by atoms with van der Waals surface area (Å²) in [6.07, 6.45) is 2.61. The van der Waals surface area contributed by atoms with Gasteiger partial charge in [-0.05, 0) is 50.0 Å². The van der Waals surface area contributed by atoms with Crippen LogP contribution in [0.3, 0.4) is 0 Å². The smallest absolute Gasteiger partial charge is 0.323 e. The maximum atomic E-state index is 11.3. The molecule has 2 aromatic rings. The van der Waals surface area contributed by atoms with E-state index in [0.29, 0.717) is 6.04 Å². The maximum Gasteiger partial charge on any atom is 0.323 e. The Balaban J connectivity index is 1.59. The number of anilines is 1. The molecule has 5 nitrogen and oxygen atoms in total. The Bertz CT molecular complexity index is 651. The Labute approximate surface area is 111 Å². The third kappa shape index (κ3) is 1.94. The van der Waals surface area contributed by atoms with Gasteiger partial charge in [0.15, 0.2) is 0 Å². The van der Waals surface area contributed by atoms with Gasteiger partial charge in [0.1, 0.15) is 0 Å². The Hall–Kier alpha value is -1.75. The van der Waals surface area contributed by atoms with E-state index in [0.717, 1.165) is 29.2 Å². The van der Waals surface area contributed by atoms with E-state index in [4.69, 9.17) is 0 Å². The average molecular weight is 258 g/mol. The first-order valence-electron chi connectivity index (χ1n) is 6.99. The van der Waals surface area contributed by atoms with Crippen LogP contribution in [0.5, 0.6) is 0 Å². The first-order chi connectivity index (χ1) is 9.28. The van der Waals surface area contributed by atoms with Gasteiger partial charge in [-0.25, -0.2) is 4.79 Å². The number of nitrogens with zero attached hydrogens (tertiary/aromatic N) is 1. The van der Waals surface area contributed by atoms with Gasteiger partial charge in [0.05, 0.1) is 11.0 Å². The topological polar surface area (TPSA) is 63.9 Å². The summed E-state index contributed by atoms with van der Waals surface area (Å²) in [5.74, 6) is 0.797. The van der Waals surface area contributed by atoms with Crippen molar-refractivity contribution >= 4 is 16.7 Å². The molecule has 1 aromatic heterocycles. The summed E-state index contributed by atoms with van der Waals surface area (Å²) in [7, 11) is 0. The average Bonchev–Trinajstić information content (AvgIpc) is 2.79. The predicted octanol–water partition coefficient (Wildman–Crippen LogP) is 1.36. The summed E-state index contributed by atoms with van der Waals surface area (Å²) in [5.41, 5.74) is 2.69. The van der Waals surface area contributed by atoms with Crippen molar-refractivity contribution in [2.45, 2.75) is 18.9 Å². The molecule has 3 N–H and O–H groups in total. The van der Waals surface area contributed by atoms with Crippen LogP contribution in [0.25, 0.3) is 11.0 Å². The molecule has 3 fully saturated rings. The molecule has 1 aromatic carbocycles. The van der Waals surface area contributed by atoms with E-state index < -0.39 is 0 Å². The maximum absolute atomic E-state index is 11.3. The highest BCUT2D eigenvalue weighted by molar-refractivity contribution is 5.78. The first-order valence-corrected chi connectivity index (χ1v) is 6.99. The van der Waals surface area contributed by atoms with E-state index in [1.165, 1.54) is 25.9 Å². The van der Waals surface area contributed by atoms with Gasteiger partial charge in [-0.3, -0.25) is 0 Å². The second-order valence-electron chi connectivity index (χ2n) is 5.73. The number of aromatic nitrogens is 2. The fourth-order valence-electron chi connectivity index (χ4n) is 3.47. The number of piperidine rings is 3. The van der Waals surface area contributed by atoms with Crippen molar-refractivity contribution in [1.29, 1.82) is 0 Å². The van der Waals surface area contributed by atoms with E-state index in [-0.39, 0.29) is 5.69 Å². The highest BCUT2D eigenvalue weighted by atomic mass is 16.1. The number of hydrogen-bond acceptors (Lipinski definition) is 3. The zero-order valence-corrected chi connectivity index (χ0v) is 10.8. The number of imidazole rings is 1. The molecule has 4 heterocycles. The highest BCUT2D eigenvalue weighted by Gasteiger charge is 2.33. The van der Waals surface area contributed by atoms with Crippen LogP contribution in [0.15, 0.2) is 23.0 Å². The fourth-order valence-corrected chi connectivity index (χ4v) is 3.47. The number of H-pyrrole nitrogens is 2. The Kier molecular flexibility index (Phi) is 2.41. The lowest BCUT2D eigenvalue weighted by molar-refractivity contribution is 0.0975. The van der Waals surface area contributed by atoms with Crippen LogP contribution >= 0.6 is 0 Å². The van der Waals surface area contributed by atoms with Crippen LogP contribution < -0.4 is 11.0 Å². The number of hydrogen-bond donors (Lipinski definition) is 3. The summed E-state index contributed by atoms with van der Waals surface area (Å²) in [6, 6.07) is 6.57. The lowest BCUT2D eigenvalue weighted by atomic mass is 9.84. The number of benzene rings is 1. The standard InChI is InChI=1S/C14H18N4O/c19-14-16-11-2-1-10(7-12(11)17-14)15-13-8-18-5-3-9(13)4-6-18/h1-2,7,9,13,15H,3-6,8H2,(H2,16,17,19). The highest BCUT2D eigenvalue weighted by Crippen LogP contribution is 2.30. The molecule has 0 aliphatic carbocycles. The van der Waals surface area contributed by atoms with Crippen LogP contribution in [-0.2, 0) is 0 Å².